The second-order valence-electron chi connectivity index (χ2n) is 12.1. The largest absolute Gasteiger partial charge is 0.378 e. The van der Waals surface area contributed by atoms with Crippen molar-refractivity contribution in [3.63, 3.8) is 0 Å². The average molecular weight is 730 g/mol. The van der Waals surface area contributed by atoms with Crippen LogP contribution in [-0.4, -0.2) is 62.2 Å². The summed E-state index contributed by atoms with van der Waals surface area (Å²) in [4.78, 5) is 28.2. The Bertz CT molecular complexity index is 1030. The van der Waals surface area contributed by atoms with Gasteiger partial charge in [0.25, 0.3) is 0 Å². The second-order valence-corrected chi connectivity index (χ2v) is 12.1. The smallest absolute Gasteiger partial charge is 0.243 e. The molecule has 0 spiro atoms. The van der Waals surface area contributed by atoms with Gasteiger partial charge in [-0.2, -0.15) is 0 Å². The van der Waals surface area contributed by atoms with Crippen molar-refractivity contribution in [3.05, 3.63) is 65.2 Å². The van der Waals surface area contributed by atoms with Crippen molar-refractivity contribution in [2.24, 2.45) is 0 Å². The highest BCUT2D eigenvalue weighted by Crippen LogP contribution is 2.22. The van der Waals surface area contributed by atoms with Crippen LogP contribution in [0.3, 0.4) is 0 Å². The van der Waals surface area contributed by atoms with Crippen LogP contribution in [0.15, 0.2) is 48.5 Å². The molecule has 0 atom stereocenters. The fourth-order valence-electron chi connectivity index (χ4n) is 4.56. The van der Waals surface area contributed by atoms with E-state index in [0.29, 0.717) is 32.4 Å². The SMILES string of the molecule is Br.Br.CN(C)c1ccc(CN(CCCNCCCCNCc2ccc(C(C)(C)C)cc2)C(=O)CCCCC(=O)NO)cc1. The number of carbonyl (C=O) groups is 2. The first kappa shape index (κ1) is 41.0. The Morgan fingerprint density at radius 1 is 0.744 bits per heavy atom. The number of nitrogens with zero attached hydrogens (tertiary/aromatic N) is 2. The molecule has 2 aromatic carbocycles. The van der Waals surface area contributed by atoms with Gasteiger partial charge in [-0.1, -0.05) is 57.2 Å². The van der Waals surface area contributed by atoms with Crippen LogP contribution in [0, 0.1) is 0 Å². The zero-order valence-electron chi connectivity index (χ0n) is 26.8. The molecule has 244 valence electrons. The molecule has 0 aliphatic heterocycles. The van der Waals surface area contributed by atoms with E-state index in [1.807, 2.05) is 19.0 Å². The first-order valence-corrected chi connectivity index (χ1v) is 15.1. The fourth-order valence-corrected chi connectivity index (χ4v) is 4.56. The predicted molar refractivity (Wildman–Crippen MR) is 189 cm³/mol. The van der Waals surface area contributed by atoms with Gasteiger partial charge in [-0.05, 0) is 86.0 Å². The highest BCUT2D eigenvalue weighted by atomic mass is 79.9. The maximum Gasteiger partial charge on any atom is 0.243 e. The molecule has 0 radical (unpaired) electrons. The molecule has 0 saturated carbocycles. The maximum absolute atomic E-state index is 13.0. The van der Waals surface area contributed by atoms with E-state index in [9.17, 15) is 9.59 Å². The van der Waals surface area contributed by atoms with E-state index in [1.165, 1.54) is 11.1 Å². The van der Waals surface area contributed by atoms with Gasteiger partial charge in [0.05, 0.1) is 0 Å². The minimum Gasteiger partial charge on any atom is -0.378 e. The van der Waals surface area contributed by atoms with Crippen LogP contribution in [0.5, 0.6) is 0 Å². The maximum atomic E-state index is 13.0. The van der Waals surface area contributed by atoms with Crippen LogP contribution >= 0.6 is 34.0 Å². The van der Waals surface area contributed by atoms with Crippen molar-refractivity contribution in [2.75, 3.05) is 45.2 Å². The summed E-state index contributed by atoms with van der Waals surface area (Å²) in [7, 11) is 4.02. The summed E-state index contributed by atoms with van der Waals surface area (Å²) < 4.78 is 0. The number of rotatable bonds is 19. The van der Waals surface area contributed by atoms with Crippen molar-refractivity contribution in [1.82, 2.24) is 21.0 Å². The number of anilines is 1. The highest BCUT2D eigenvalue weighted by Gasteiger charge is 2.15. The number of amides is 2. The van der Waals surface area contributed by atoms with Crippen molar-refractivity contribution < 1.29 is 14.8 Å². The van der Waals surface area contributed by atoms with Gasteiger partial charge in [0, 0.05) is 52.3 Å². The van der Waals surface area contributed by atoms with Crippen molar-refractivity contribution in [1.29, 1.82) is 0 Å². The number of nitrogens with one attached hydrogen (secondary N) is 3. The molecule has 0 unspecified atom stereocenters. The fraction of sp³-hybridized carbons (Fsp3) is 0.576. The van der Waals surface area contributed by atoms with Crippen LogP contribution < -0.4 is 21.0 Å². The minimum absolute atomic E-state index is 0. The quantitative estimate of drug-likeness (QED) is 0.0788. The molecule has 2 amide bonds. The van der Waals surface area contributed by atoms with E-state index in [2.05, 4.69) is 84.8 Å². The molecule has 0 aliphatic carbocycles. The molecule has 0 aromatic heterocycles. The summed E-state index contributed by atoms with van der Waals surface area (Å²) in [5, 5.41) is 15.7. The molecule has 0 heterocycles. The summed E-state index contributed by atoms with van der Waals surface area (Å²) in [5.74, 6) is -0.312. The first-order chi connectivity index (χ1) is 19.6. The molecule has 8 nitrogen and oxygen atoms in total. The lowest BCUT2D eigenvalue weighted by Crippen LogP contribution is -2.33. The Morgan fingerprint density at radius 3 is 1.88 bits per heavy atom. The zero-order chi connectivity index (χ0) is 30.1. The third-order valence-electron chi connectivity index (χ3n) is 7.24. The normalized spacial score (nSPS) is 10.8. The van der Waals surface area contributed by atoms with Gasteiger partial charge in [0.1, 0.15) is 0 Å². The van der Waals surface area contributed by atoms with E-state index < -0.39 is 5.91 Å². The molecule has 0 fully saturated rings. The topological polar surface area (TPSA) is 96.9 Å². The Kier molecular flexibility index (Phi) is 21.5. The van der Waals surface area contributed by atoms with Gasteiger partial charge in [-0.15, -0.1) is 34.0 Å². The lowest BCUT2D eigenvalue weighted by molar-refractivity contribution is -0.132. The third-order valence-corrected chi connectivity index (χ3v) is 7.24. The lowest BCUT2D eigenvalue weighted by Gasteiger charge is -2.24. The van der Waals surface area contributed by atoms with E-state index in [0.717, 1.165) is 56.7 Å². The summed E-state index contributed by atoms with van der Waals surface area (Å²) in [6.45, 7) is 11.7. The molecular formula is C33H55Br2N5O3. The zero-order valence-corrected chi connectivity index (χ0v) is 30.2. The molecule has 4 N–H and O–H groups in total. The second kappa shape index (κ2) is 22.5. The van der Waals surface area contributed by atoms with E-state index in [1.54, 1.807) is 5.48 Å². The molecule has 0 saturated heterocycles. The number of hydrogen-bond donors (Lipinski definition) is 4. The van der Waals surface area contributed by atoms with Crippen LogP contribution in [-0.2, 0) is 28.1 Å². The van der Waals surface area contributed by atoms with Gasteiger partial charge in [0.2, 0.25) is 11.8 Å². The number of hydrogen-bond acceptors (Lipinski definition) is 6. The van der Waals surface area contributed by atoms with E-state index in [-0.39, 0.29) is 51.7 Å². The predicted octanol–water partition coefficient (Wildman–Crippen LogP) is 6.15. The molecular weight excluding hydrogens is 674 g/mol. The van der Waals surface area contributed by atoms with Crippen molar-refractivity contribution in [2.45, 2.75) is 84.2 Å². The standard InChI is InChI=1S/C33H53N5O3.2BrH/c1-33(2,3)29-17-13-27(14-18-29)25-35-22-9-8-21-34-23-10-24-38(32(40)12-7-6-11-31(39)36-41)26-28-15-19-30(20-16-28)37(4)5;;/h13-20,34-35,41H,6-12,21-26H2,1-5H3,(H,36,39);2*1H. The lowest BCUT2D eigenvalue weighted by atomic mass is 9.87. The number of hydroxylamine groups is 1. The summed E-state index contributed by atoms with van der Waals surface area (Å²) >= 11 is 0. The number of halogens is 2. The van der Waals surface area contributed by atoms with Crippen LogP contribution in [0.25, 0.3) is 0 Å². The first-order valence-electron chi connectivity index (χ1n) is 15.1. The number of benzene rings is 2. The van der Waals surface area contributed by atoms with Crippen LogP contribution in [0.4, 0.5) is 5.69 Å². The Labute approximate surface area is 280 Å². The Hall–Kier alpha value is -1.98. The van der Waals surface area contributed by atoms with Gasteiger partial charge in [0.15, 0.2) is 0 Å². The minimum atomic E-state index is -0.414. The summed E-state index contributed by atoms with van der Waals surface area (Å²) in [5.41, 5.74) is 6.75. The molecule has 2 rings (SSSR count). The monoisotopic (exact) mass is 727 g/mol. The van der Waals surface area contributed by atoms with Gasteiger partial charge in [-0.3, -0.25) is 14.8 Å². The molecule has 0 bridgehead atoms. The average Bonchev–Trinajstić information content (AvgIpc) is 2.95. The summed E-state index contributed by atoms with van der Waals surface area (Å²) in [6, 6.07) is 17.2. The van der Waals surface area contributed by atoms with Crippen LogP contribution in [0.1, 0.15) is 82.4 Å². The number of carbonyl (C=O) groups excluding carboxylic acids is 2. The van der Waals surface area contributed by atoms with Crippen molar-refractivity contribution >= 4 is 51.5 Å². The van der Waals surface area contributed by atoms with Gasteiger partial charge < -0.3 is 20.4 Å². The Balaban J connectivity index is 0.00000882. The molecule has 43 heavy (non-hydrogen) atoms. The molecule has 2 aromatic rings. The van der Waals surface area contributed by atoms with Gasteiger partial charge >= 0.3 is 0 Å². The van der Waals surface area contributed by atoms with E-state index >= 15 is 0 Å². The summed E-state index contributed by atoms with van der Waals surface area (Å²) in [6.07, 6.45) is 4.93. The van der Waals surface area contributed by atoms with E-state index in [4.69, 9.17) is 5.21 Å². The Morgan fingerprint density at radius 2 is 1.30 bits per heavy atom. The molecule has 10 heteroatoms. The van der Waals surface area contributed by atoms with Crippen molar-refractivity contribution in [3.8, 4) is 0 Å². The van der Waals surface area contributed by atoms with Gasteiger partial charge in [-0.25, -0.2) is 5.48 Å². The number of unbranched alkanes of at least 4 members (excludes halogenated alkanes) is 2. The van der Waals surface area contributed by atoms with Crippen LogP contribution in [0.2, 0.25) is 0 Å². The molecule has 0 aliphatic rings. The highest BCUT2D eigenvalue weighted by molar-refractivity contribution is 8.93. The third kappa shape index (κ3) is 17.2.